The molecule has 1 aromatic heterocycles. The number of rotatable bonds is 6. The Balaban J connectivity index is 0.000000345. The summed E-state index contributed by atoms with van der Waals surface area (Å²) in [7, 11) is -1.62. The van der Waals surface area contributed by atoms with Crippen LogP contribution in [0.1, 0.15) is 20.8 Å². The Labute approximate surface area is 170 Å². The zero-order chi connectivity index (χ0) is 20.8. The lowest BCUT2D eigenvalue weighted by molar-refractivity contribution is -0.138. The van der Waals surface area contributed by atoms with E-state index in [2.05, 4.69) is 24.7 Å². The molecule has 1 saturated heterocycles. The van der Waals surface area contributed by atoms with Gasteiger partial charge in [0.1, 0.15) is 5.60 Å². The van der Waals surface area contributed by atoms with Crippen molar-refractivity contribution in [3.8, 4) is 0 Å². The minimum Gasteiger partial charge on any atom is -0.462 e. The summed E-state index contributed by atoms with van der Waals surface area (Å²) in [6.45, 7) is 7.81. The van der Waals surface area contributed by atoms with Gasteiger partial charge in [-0.05, 0) is 52.1 Å². The van der Waals surface area contributed by atoms with Crippen LogP contribution in [0.25, 0.3) is 0 Å². The maximum absolute atomic E-state index is 12.2. The van der Waals surface area contributed by atoms with E-state index in [-0.39, 0.29) is 10.5 Å². The Morgan fingerprint density at radius 3 is 2.32 bits per heavy atom. The lowest BCUT2D eigenvalue weighted by atomic mass is 10.1. The van der Waals surface area contributed by atoms with Gasteiger partial charge in [0.05, 0.1) is 4.90 Å². The average molecular weight is 427 g/mol. The summed E-state index contributed by atoms with van der Waals surface area (Å²) in [6.07, 6.45) is 1.56. The minimum absolute atomic E-state index is 0.243. The molecule has 8 nitrogen and oxygen atoms in total. The number of thiazole rings is 1. The maximum Gasteiger partial charge on any atom is 0.293 e. The highest BCUT2D eigenvalue weighted by Gasteiger charge is 2.25. The van der Waals surface area contributed by atoms with Gasteiger partial charge in [0.15, 0.2) is 5.13 Å². The van der Waals surface area contributed by atoms with Gasteiger partial charge in [-0.25, -0.2) is 13.4 Å². The molecular formula is C18H26N4O4S2. The fraction of sp³-hybridized carbons (Fsp3) is 0.444. The second-order valence-electron chi connectivity index (χ2n) is 7.15. The van der Waals surface area contributed by atoms with Crippen molar-refractivity contribution in [3.63, 3.8) is 0 Å². The molecule has 0 bridgehead atoms. The molecule has 1 aromatic carbocycles. The highest BCUT2D eigenvalue weighted by Crippen LogP contribution is 2.24. The number of ether oxygens (including phenoxy) is 1. The van der Waals surface area contributed by atoms with Crippen LogP contribution in [0.3, 0.4) is 0 Å². The van der Waals surface area contributed by atoms with Crippen molar-refractivity contribution >= 4 is 38.7 Å². The second kappa shape index (κ2) is 9.35. The molecule has 0 atom stereocenters. The van der Waals surface area contributed by atoms with Crippen molar-refractivity contribution in [2.24, 2.45) is 0 Å². The van der Waals surface area contributed by atoms with E-state index in [1.54, 1.807) is 23.7 Å². The van der Waals surface area contributed by atoms with Crippen LogP contribution >= 0.6 is 11.3 Å². The predicted molar refractivity (Wildman–Crippen MR) is 111 cm³/mol. The molecule has 0 amide bonds. The maximum atomic E-state index is 12.2. The molecule has 1 aliphatic heterocycles. The van der Waals surface area contributed by atoms with Gasteiger partial charge in [0.2, 0.25) is 0 Å². The van der Waals surface area contributed by atoms with Crippen molar-refractivity contribution in [2.45, 2.75) is 37.3 Å². The molecular weight excluding hydrogens is 400 g/mol. The minimum atomic E-state index is -3.56. The number of carbonyl (C=O) groups excluding carboxylic acids is 1. The van der Waals surface area contributed by atoms with Gasteiger partial charge in [0, 0.05) is 36.4 Å². The number of nitrogens with zero attached hydrogens (tertiary/aromatic N) is 2. The Morgan fingerprint density at radius 2 is 1.89 bits per heavy atom. The zero-order valence-electron chi connectivity index (χ0n) is 16.4. The highest BCUT2D eigenvalue weighted by atomic mass is 32.2. The summed E-state index contributed by atoms with van der Waals surface area (Å²) in [5.41, 5.74) is 0.719. The summed E-state index contributed by atoms with van der Waals surface area (Å²) >= 11 is 1.25. The molecule has 28 heavy (non-hydrogen) atoms. The zero-order valence-corrected chi connectivity index (χ0v) is 18.0. The number of benzene rings is 1. The summed E-state index contributed by atoms with van der Waals surface area (Å²) in [5, 5.41) is 5.31. The van der Waals surface area contributed by atoms with E-state index in [9.17, 15) is 13.2 Å². The monoisotopic (exact) mass is 426 g/mol. The Morgan fingerprint density at radius 1 is 1.25 bits per heavy atom. The fourth-order valence-electron chi connectivity index (χ4n) is 2.30. The third kappa shape index (κ3) is 6.47. The van der Waals surface area contributed by atoms with Gasteiger partial charge in [-0.2, -0.15) is 0 Å². The van der Waals surface area contributed by atoms with Crippen LogP contribution in [0.4, 0.5) is 10.8 Å². The van der Waals surface area contributed by atoms with Gasteiger partial charge < -0.3 is 15.0 Å². The Hall–Kier alpha value is -2.17. The van der Waals surface area contributed by atoms with Gasteiger partial charge >= 0.3 is 0 Å². The molecule has 1 aliphatic rings. The number of anilines is 2. The predicted octanol–water partition coefficient (Wildman–Crippen LogP) is 2.31. The van der Waals surface area contributed by atoms with Gasteiger partial charge in [-0.1, -0.05) is 0 Å². The number of likely N-dealkylation sites (N-methyl/N-ethyl adjacent to an activating group) is 1. The molecule has 0 saturated carbocycles. The summed E-state index contributed by atoms with van der Waals surface area (Å²) < 4.78 is 31.4. The van der Waals surface area contributed by atoms with Crippen molar-refractivity contribution in [3.05, 3.63) is 35.8 Å². The smallest absolute Gasteiger partial charge is 0.293 e. The number of aromatic nitrogens is 1. The van der Waals surface area contributed by atoms with Crippen LogP contribution < -0.4 is 14.9 Å². The normalized spacial score (nSPS) is 14.5. The summed E-state index contributed by atoms with van der Waals surface area (Å²) in [5.74, 6) is 0. The van der Waals surface area contributed by atoms with E-state index in [1.165, 1.54) is 11.3 Å². The quantitative estimate of drug-likeness (QED) is 0.684. The first-order chi connectivity index (χ1) is 13.1. The van der Waals surface area contributed by atoms with E-state index >= 15 is 0 Å². The standard InChI is InChI=1S/C13H16N4O2S2.C5H10O2/c1-14-10-8-17(9-10)11-2-4-12(5-3-11)21(18,19)16-13-15-6-7-20-13;1-5(2,3)7-4-6/h2-7,10,14H,8-9H2,1H3,(H,15,16);4H,1-3H3. The Kier molecular flexibility index (Phi) is 7.39. The van der Waals surface area contributed by atoms with E-state index in [1.807, 2.05) is 40.0 Å². The fourth-order valence-corrected chi connectivity index (χ4v) is 4.09. The lowest BCUT2D eigenvalue weighted by Crippen LogP contribution is -2.57. The van der Waals surface area contributed by atoms with Gasteiger partial charge in [-0.15, -0.1) is 11.3 Å². The molecule has 10 heteroatoms. The number of hydrogen-bond acceptors (Lipinski definition) is 8. The third-order valence-corrected chi connectivity index (χ3v) is 6.03. The van der Waals surface area contributed by atoms with Gasteiger partial charge in [-0.3, -0.25) is 9.52 Å². The van der Waals surface area contributed by atoms with Crippen LogP contribution in [0.15, 0.2) is 40.7 Å². The SMILES string of the molecule is CC(C)(C)OC=O.CNC1CN(c2ccc(S(=O)(=O)Nc3nccs3)cc2)C1. The van der Waals surface area contributed by atoms with Crippen LogP contribution in [0.2, 0.25) is 0 Å². The number of carbonyl (C=O) groups is 1. The van der Waals surface area contributed by atoms with E-state index in [0.717, 1.165) is 18.8 Å². The molecule has 154 valence electrons. The van der Waals surface area contributed by atoms with Crippen LogP contribution in [-0.2, 0) is 19.6 Å². The first-order valence-corrected chi connectivity index (χ1v) is 11.1. The molecule has 0 radical (unpaired) electrons. The number of nitrogens with one attached hydrogen (secondary N) is 2. The summed E-state index contributed by atoms with van der Waals surface area (Å²) in [6, 6.07) is 7.43. The lowest BCUT2D eigenvalue weighted by Gasteiger charge is -2.40. The second-order valence-corrected chi connectivity index (χ2v) is 9.73. The molecule has 1 fully saturated rings. The number of sulfonamides is 1. The van der Waals surface area contributed by atoms with Crippen molar-refractivity contribution < 1.29 is 17.9 Å². The molecule has 2 aromatic rings. The highest BCUT2D eigenvalue weighted by molar-refractivity contribution is 7.93. The van der Waals surface area contributed by atoms with Crippen molar-refractivity contribution in [1.29, 1.82) is 0 Å². The van der Waals surface area contributed by atoms with Crippen molar-refractivity contribution in [2.75, 3.05) is 29.8 Å². The third-order valence-electron chi connectivity index (χ3n) is 3.86. The van der Waals surface area contributed by atoms with Crippen LogP contribution in [0, 0.1) is 0 Å². The first kappa shape index (κ1) is 22.1. The number of hydrogen-bond donors (Lipinski definition) is 2. The average Bonchev–Trinajstić information content (AvgIpc) is 3.06. The van der Waals surface area contributed by atoms with Gasteiger partial charge in [0.25, 0.3) is 16.5 Å². The topological polar surface area (TPSA) is 101 Å². The first-order valence-electron chi connectivity index (χ1n) is 8.70. The molecule has 0 aliphatic carbocycles. The van der Waals surface area contributed by atoms with Crippen molar-refractivity contribution in [1.82, 2.24) is 10.3 Å². The molecule has 2 N–H and O–H groups in total. The van der Waals surface area contributed by atoms with Crippen LogP contribution in [0.5, 0.6) is 0 Å². The molecule has 2 heterocycles. The van der Waals surface area contributed by atoms with E-state index in [4.69, 9.17) is 0 Å². The van der Waals surface area contributed by atoms with E-state index < -0.39 is 10.0 Å². The summed E-state index contributed by atoms with van der Waals surface area (Å²) in [4.78, 5) is 16.0. The largest absolute Gasteiger partial charge is 0.462 e. The Bertz CT molecular complexity index is 841. The van der Waals surface area contributed by atoms with E-state index in [0.29, 0.717) is 17.6 Å². The molecule has 3 rings (SSSR count). The van der Waals surface area contributed by atoms with Crippen LogP contribution in [-0.4, -0.2) is 51.7 Å². The molecule has 0 unspecified atom stereocenters. The molecule has 0 spiro atoms.